The van der Waals surface area contributed by atoms with E-state index in [1.165, 1.54) is 70.1 Å². The fourth-order valence-electron chi connectivity index (χ4n) is 7.87. The number of hydrogen-bond acceptors (Lipinski definition) is 2. The number of benzene rings is 8. The lowest BCUT2D eigenvalue weighted by Crippen LogP contribution is -2.13. The maximum atomic E-state index is 7.14. The normalized spacial score (nSPS) is 13.4. The molecule has 0 spiro atoms. The Morgan fingerprint density at radius 2 is 1.14 bits per heavy atom. The van der Waals surface area contributed by atoms with Gasteiger partial charge in [-0.15, -0.1) is 0 Å². The van der Waals surface area contributed by atoms with E-state index in [2.05, 4.69) is 149 Å². The Morgan fingerprint density at radius 1 is 0.477 bits per heavy atom. The number of fused-ring (bicyclic) bond motifs is 2. The van der Waals surface area contributed by atoms with Gasteiger partial charge in [-0.1, -0.05) is 92.3 Å². The fourth-order valence-corrected chi connectivity index (χ4v) is 10.9. The molecule has 2 aromatic heterocycles. The average Bonchev–Trinajstić information content (AvgIpc) is 3.09. The molecule has 0 amide bonds. The van der Waals surface area contributed by atoms with E-state index in [1.54, 1.807) is 0 Å². The maximum absolute atomic E-state index is 7.14. The van der Waals surface area contributed by atoms with E-state index in [0.717, 1.165) is 22.5 Å². The molecule has 1 aliphatic heterocycles. The van der Waals surface area contributed by atoms with Crippen molar-refractivity contribution in [3.05, 3.63) is 140 Å². The molecule has 3 heterocycles. The van der Waals surface area contributed by atoms with Gasteiger partial charge in [0.05, 0.1) is 32.6 Å². The molecule has 0 bridgehead atoms. The SMILES string of the molecule is c1ccc(N2c3cccc4oc5c6ccc7cccc8ccc(c6c78)c6c5p(c34)c3c2cccc3n6-c2ccccc2)cc1. The highest BCUT2D eigenvalue weighted by Gasteiger charge is 2.31. The smallest absolute Gasteiger partial charge is 0.149 e. The Hall–Kier alpha value is -5.50. The van der Waals surface area contributed by atoms with Crippen LogP contribution >= 0.6 is 7.34 Å². The van der Waals surface area contributed by atoms with Crippen molar-refractivity contribution in [3.8, 4) is 5.69 Å². The topological polar surface area (TPSA) is 21.3 Å². The van der Waals surface area contributed by atoms with Crippen LogP contribution in [0.15, 0.2) is 144 Å². The third-order valence-electron chi connectivity index (χ3n) is 9.54. The summed E-state index contributed by atoms with van der Waals surface area (Å²) in [6.07, 6.45) is 0. The van der Waals surface area contributed by atoms with Gasteiger partial charge in [-0.2, -0.15) is 0 Å². The van der Waals surface area contributed by atoms with Crippen molar-refractivity contribution in [2.24, 2.45) is 0 Å². The van der Waals surface area contributed by atoms with Gasteiger partial charge < -0.3 is 13.9 Å². The summed E-state index contributed by atoms with van der Waals surface area (Å²) in [5.41, 5.74) is 9.24. The number of nitrogens with zero attached hydrogens (tertiary/aromatic N) is 2. The van der Waals surface area contributed by atoms with Crippen LogP contribution in [0.2, 0.25) is 0 Å². The molecule has 4 heteroatoms. The van der Waals surface area contributed by atoms with Crippen LogP contribution in [0.3, 0.4) is 0 Å². The summed E-state index contributed by atoms with van der Waals surface area (Å²) in [5, 5.41) is 11.6. The Labute approximate surface area is 252 Å². The third kappa shape index (κ3) is 2.70. The van der Waals surface area contributed by atoms with E-state index in [9.17, 15) is 0 Å². The van der Waals surface area contributed by atoms with Gasteiger partial charge in [-0.25, -0.2) is 0 Å². The summed E-state index contributed by atoms with van der Waals surface area (Å²) in [6.45, 7) is 0. The van der Waals surface area contributed by atoms with E-state index in [0.29, 0.717) is 0 Å². The Balaban J connectivity index is 1.51. The monoisotopic (exact) mass is 578 g/mol. The van der Waals surface area contributed by atoms with E-state index >= 15 is 0 Å². The molecule has 0 aliphatic carbocycles. The quantitative estimate of drug-likeness (QED) is 0.150. The summed E-state index contributed by atoms with van der Waals surface area (Å²) >= 11 is 0. The molecule has 0 saturated carbocycles. The minimum Gasteiger partial charge on any atom is -0.455 e. The number of anilines is 3. The van der Waals surface area contributed by atoms with E-state index in [4.69, 9.17) is 4.42 Å². The van der Waals surface area contributed by atoms with Gasteiger partial charge in [0.1, 0.15) is 11.2 Å². The van der Waals surface area contributed by atoms with Crippen LogP contribution in [0, 0.1) is 0 Å². The van der Waals surface area contributed by atoms with E-state index < -0.39 is 7.34 Å². The average molecular weight is 579 g/mol. The van der Waals surface area contributed by atoms with Gasteiger partial charge in [0, 0.05) is 32.7 Å². The van der Waals surface area contributed by atoms with Gasteiger partial charge in [-0.05, 0) is 70.8 Å². The zero-order chi connectivity index (χ0) is 28.5. The molecular formula is C40H23N2OP. The molecule has 1 atom stereocenters. The summed E-state index contributed by atoms with van der Waals surface area (Å²) in [4.78, 5) is 2.43. The van der Waals surface area contributed by atoms with Crippen molar-refractivity contribution < 1.29 is 4.42 Å². The first-order chi connectivity index (χ1) is 21.9. The molecule has 44 heavy (non-hydrogen) atoms. The summed E-state index contributed by atoms with van der Waals surface area (Å²) in [5.74, 6) is 0. The molecule has 10 aromatic rings. The van der Waals surface area contributed by atoms with E-state index in [1.807, 2.05) is 0 Å². The van der Waals surface area contributed by atoms with Crippen LogP contribution in [0.25, 0.3) is 75.6 Å². The minimum absolute atomic E-state index is 0.897. The lowest BCUT2D eigenvalue weighted by Gasteiger charge is -2.34. The van der Waals surface area contributed by atoms with Crippen LogP contribution in [-0.4, -0.2) is 4.57 Å². The zero-order valence-electron chi connectivity index (χ0n) is 23.5. The Kier molecular flexibility index (Phi) is 4.24. The molecule has 0 N–H and O–H groups in total. The minimum atomic E-state index is -0.897. The predicted octanol–water partition coefficient (Wildman–Crippen LogP) is 12.2. The lowest BCUT2D eigenvalue weighted by atomic mass is 9.93. The molecule has 3 nitrogen and oxygen atoms in total. The second kappa shape index (κ2) is 8.11. The van der Waals surface area contributed by atoms with Crippen molar-refractivity contribution in [1.82, 2.24) is 4.57 Å². The van der Waals surface area contributed by atoms with Crippen LogP contribution in [0.5, 0.6) is 0 Å². The molecule has 0 radical (unpaired) electrons. The van der Waals surface area contributed by atoms with Gasteiger partial charge in [-0.3, -0.25) is 0 Å². The largest absolute Gasteiger partial charge is 0.455 e. The van der Waals surface area contributed by atoms with Crippen LogP contribution in [-0.2, 0) is 0 Å². The van der Waals surface area contributed by atoms with Crippen LogP contribution in [0.1, 0.15) is 0 Å². The third-order valence-corrected chi connectivity index (χ3v) is 12.2. The molecule has 8 aromatic carbocycles. The number of aromatic nitrogens is 1. The standard InChI is InChI=1S/C40H23N2OP/c1-3-12-26(13-4-1)41-30-16-8-17-31-38(30)44-39-32(41)18-9-19-33(39)43-37-29-23-21-25-11-7-10-24-20-22-28(35(29)34(24)25)36(40(37)44)42(31)27-14-5-2-6-15-27/h1-23H. The molecule has 204 valence electrons. The van der Waals surface area contributed by atoms with Crippen LogP contribution in [0.4, 0.5) is 17.1 Å². The van der Waals surface area contributed by atoms with Crippen molar-refractivity contribution in [1.29, 1.82) is 0 Å². The number of para-hydroxylation sites is 2. The molecule has 11 rings (SSSR count). The Morgan fingerprint density at radius 3 is 1.91 bits per heavy atom. The zero-order valence-corrected chi connectivity index (χ0v) is 24.4. The molecule has 1 aliphatic rings. The first kappa shape index (κ1) is 23.0. The van der Waals surface area contributed by atoms with Crippen LogP contribution < -0.4 is 4.90 Å². The van der Waals surface area contributed by atoms with Crippen molar-refractivity contribution >= 4 is 94.3 Å². The summed E-state index contributed by atoms with van der Waals surface area (Å²) < 4.78 is 9.65. The van der Waals surface area contributed by atoms with Gasteiger partial charge in [0.15, 0.2) is 0 Å². The highest BCUT2D eigenvalue weighted by Crippen LogP contribution is 2.62. The second-order valence-electron chi connectivity index (χ2n) is 11.8. The lowest BCUT2D eigenvalue weighted by molar-refractivity contribution is 0.667. The first-order valence-corrected chi connectivity index (χ1v) is 16.4. The molecule has 0 saturated heterocycles. The van der Waals surface area contributed by atoms with Gasteiger partial charge in [0.25, 0.3) is 0 Å². The van der Waals surface area contributed by atoms with Crippen molar-refractivity contribution in [2.75, 3.05) is 4.90 Å². The number of rotatable bonds is 2. The highest BCUT2D eigenvalue weighted by atomic mass is 31.1. The van der Waals surface area contributed by atoms with Crippen molar-refractivity contribution in [2.45, 2.75) is 0 Å². The predicted molar refractivity (Wildman–Crippen MR) is 187 cm³/mol. The molecular weight excluding hydrogens is 555 g/mol. The fraction of sp³-hybridized carbons (Fsp3) is 0. The molecule has 1 unspecified atom stereocenters. The summed E-state index contributed by atoms with van der Waals surface area (Å²) in [7, 11) is -0.897. The maximum Gasteiger partial charge on any atom is 0.149 e. The highest BCUT2D eigenvalue weighted by molar-refractivity contribution is 7.63. The Bertz CT molecular complexity index is 2810. The second-order valence-corrected chi connectivity index (χ2v) is 13.8. The van der Waals surface area contributed by atoms with E-state index in [-0.39, 0.29) is 0 Å². The van der Waals surface area contributed by atoms with Gasteiger partial charge in [0.2, 0.25) is 0 Å². The van der Waals surface area contributed by atoms with Crippen molar-refractivity contribution in [3.63, 3.8) is 0 Å². The first-order valence-electron chi connectivity index (χ1n) is 15.0. The summed E-state index contributed by atoms with van der Waals surface area (Å²) in [6, 6.07) is 50.9. The molecule has 0 fully saturated rings. The number of hydrogen-bond donors (Lipinski definition) is 0. The van der Waals surface area contributed by atoms with Gasteiger partial charge >= 0.3 is 0 Å².